The number of benzene rings is 1. The predicted octanol–water partition coefficient (Wildman–Crippen LogP) is 3.61. The summed E-state index contributed by atoms with van der Waals surface area (Å²) in [6, 6.07) is 5.82. The molecule has 0 radical (unpaired) electrons. The molecule has 1 aromatic carbocycles. The number of hydrogen-bond donors (Lipinski definition) is 1. The first-order chi connectivity index (χ1) is 15.2. The number of likely N-dealkylation sites (tertiary alicyclic amines) is 1. The van der Waals surface area contributed by atoms with Crippen molar-refractivity contribution in [2.24, 2.45) is 5.92 Å². The number of halogens is 1. The molecule has 4 rings (SSSR count). The molecule has 8 nitrogen and oxygen atoms in total. The number of piperidine rings is 1. The van der Waals surface area contributed by atoms with Gasteiger partial charge in [-0.25, -0.2) is 9.18 Å². The van der Waals surface area contributed by atoms with Gasteiger partial charge in [-0.1, -0.05) is 17.3 Å². The van der Waals surface area contributed by atoms with Crippen molar-refractivity contribution in [1.29, 1.82) is 0 Å². The molecule has 1 aromatic heterocycles. The van der Waals surface area contributed by atoms with Gasteiger partial charge in [0.25, 0.3) is 0 Å². The molecule has 1 N–H and O–H groups in total. The van der Waals surface area contributed by atoms with Crippen molar-refractivity contribution >= 4 is 11.7 Å². The van der Waals surface area contributed by atoms with Crippen LogP contribution in [0.4, 0.5) is 14.9 Å². The van der Waals surface area contributed by atoms with Crippen molar-refractivity contribution in [1.82, 2.24) is 15.0 Å². The summed E-state index contributed by atoms with van der Waals surface area (Å²) in [7, 11) is 0. The number of aromatic nitrogens is 2. The Kier molecular flexibility index (Phi) is 7.48. The first-order valence-corrected chi connectivity index (χ1v) is 11.0. The third-order valence-corrected chi connectivity index (χ3v) is 5.82. The van der Waals surface area contributed by atoms with Crippen LogP contribution in [0.5, 0.6) is 0 Å². The smallest absolute Gasteiger partial charge is 0.321 e. The van der Waals surface area contributed by atoms with Crippen LogP contribution in [0, 0.1) is 11.7 Å². The van der Waals surface area contributed by atoms with E-state index in [2.05, 4.69) is 15.5 Å². The number of amides is 2. The minimum absolute atomic E-state index is 0.0236. The van der Waals surface area contributed by atoms with Crippen LogP contribution in [0.3, 0.4) is 0 Å². The summed E-state index contributed by atoms with van der Waals surface area (Å²) in [6.07, 6.45) is 4.38. The maximum absolute atomic E-state index is 13.8. The van der Waals surface area contributed by atoms with E-state index in [1.54, 1.807) is 23.1 Å². The molecule has 2 aliphatic rings. The van der Waals surface area contributed by atoms with E-state index in [9.17, 15) is 9.18 Å². The number of nitrogens with one attached hydrogen (secondary N) is 1. The van der Waals surface area contributed by atoms with Gasteiger partial charge in [0.2, 0.25) is 5.89 Å². The fourth-order valence-electron chi connectivity index (χ4n) is 3.98. The highest BCUT2D eigenvalue weighted by molar-refractivity contribution is 5.89. The average Bonchev–Trinajstić information content (AvgIpc) is 3.28. The van der Waals surface area contributed by atoms with Gasteiger partial charge in [0.15, 0.2) is 5.82 Å². The molecular weight excluding hydrogens is 403 g/mol. The molecule has 0 bridgehead atoms. The number of rotatable bonds is 7. The quantitative estimate of drug-likeness (QED) is 0.673. The summed E-state index contributed by atoms with van der Waals surface area (Å²) in [6.45, 7) is 4.00. The number of ether oxygens (including phenoxy) is 2. The Balaban J connectivity index is 1.24. The number of para-hydroxylation sites is 1. The molecular formula is C22H29FN4O4. The summed E-state index contributed by atoms with van der Waals surface area (Å²) >= 11 is 0. The lowest BCUT2D eigenvalue weighted by Crippen LogP contribution is -2.41. The van der Waals surface area contributed by atoms with Gasteiger partial charge in [0.05, 0.1) is 18.2 Å². The van der Waals surface area contributed by atoms with E-state index < -0.39 is 5.82 Å². The normalized spacial score (nSPS) is 20.0. The lowest BCUT2D eigenvalue weighted by molar-refractivity contribution is 0.0211. The van der Waals surface area contributed by atoms with E-state index >= 15 is 0 Å². The topological polar surface area (TPSA) is 89.7 Å². The van der Waals surface area contributed by atoms with Crippen LogP contribution < -0.4 is 5.32 Å². The van der Waals surface area contributed by atoms with Crippen molar-refractivity contribution in [3.05, 3.63) is 41.8 Å². The summed E-state index contributed by atoms with van der Waals surface area (Å²) < 4.78 is 30.4. The third-order valence-electron chi connectivity index (χ3n) is 5.82. The fraction of sp³-hybridized carbons (Fsp3) is 0.591. The van der Waals surface area contributed by atoms with Crippen molar-refractivity contribution in [3.63, 3.8) is 0 Å². The zero-order chi connectivity index (χ0) is 21.5. The third kappa shape index (κ3) is 6.01. The van der Waals surface area contributed by atoms with Crippen LogP contribution in [0.25, 0.3) is 0 Å². The van der Waals surface area contributed by atoms with Crippen LogP contribution in [0.1, 0.15) is 43.3 Å². The van der Waals surface area contributed by atoms with Crippen molar-refractivity contribution in [2.75, 3.05) is 44.8 Å². The number of nitrogens with zero attached hydrogens (tertiary/aromatic N) is 3. The highest BCUT2D eigenvalue weighted by Crippen LogP contribution is 2.26. The highest BCUT2D eigenvalue weighted by atomic mass is 19.1. The average molecular weight is 432 g/mol. The standard InChI is InChI=1S/C22H29FN4O4/c23-18-5-1-2-6-19(18)24-22(28)27-10-3-4-17(14-27)21-25-20(26-31-21)9-13-30-15-16-7-11-29-12-8-16/h1-2,5-6,16-17H,3-4,7-15H2,(H,24,28). The second-order valence-electron chi connectivity index (χ2n) is 8.12. The molecule has 31 heavy (non-hydrogen) atoms. The van der Waals surface area contributed by atoms with Gasteiger partial charge in [-0.2, -0.15) is 4.98 Å². The van der Waals surface area contributed by atoms with Crippen LogP contribution in [-0.2, 0) is 15.9 Å². The fourth-order valence-corrected chi connectivity index (χ4v) is 3.98. The summed E-state index contributed by atoms with van der Waals surface area (Å²) in [5.41, 5.74) is 0.176. The van der Waals surface area contributed by atoms with Gasteiger partial charge in [0.1, 0.15) is 5.82 Å². The lowest BCUT2D eigenvalue weighted by Gasteiger charge is -2.31. The predicted molar refractivity (Wildman–Crippen MR) is 111 cm³/mol. The van der Waals surface area contributed by atoms with Crippen LogP contribution in [0.2, 0.25) is 0 Å². The maximum atomic E-state index is 13.8. The van der Waals surface area contributed by atoms with E-state index in [0.29, 0.717) is 43.8 Å². The number of urea groups is 1. The maximum Gasteiger partial charge on any atom is 0.321 e. The van der Waals surface area contributed by atoms with Gasteiger partial charge >= 0.3 is 6.03 Å². The van der Waals surface area contributed by atoms with Crippen molar-refractivity contribution < 1.29 is 23.2 Å². The molecule has 0 spiro atoms. The Labute approximate surface area is 181 Å². The second-order valence-corrected chi connectivity index (χ2v) is 8.12. The van der Waals surface area contributed by atoms with E-state index in [1.807, 2.05) is 0 Å². The number of anilines is 1. The van der Waals surface area contributed by atoms with Gasteiger partial charge in [-0.15, -0.1) is 0 Å². The number of hydrogen-bond acceptors (Lipinski definition) is 6. The molecule has 168 valence electrons. The minimum Gasteiger partial charge on any atom is -0.381 e. The second kappa shape index (κ2) is 10.7. The molecule has 1 unspecified atom stereocenters. The van der Waals surface area contributed by atoms with Crippen LogP contribution in [0.15, 0.2) is 28.8 Å². The molecule has 0 aliphatic carbocycles. The zero-order valence-corrected chi connectivity index (χ0v) is 17.6. The Bertz CT molecular complexity index is 856. The molecule has 0 saturated carbocycles. The number of carbonyl (C=O) groups is 1. The van der Waals surface area contributed by atoms with Crippen molar-refractivity contribution in [3.8, 4) is 0 Å². The summed E-state index contributed by atoms with van der Waals surface area (Å²) in [4.78, 5) is 18.7. The van der Waals surface area contributed by atoms with Crippen LogP contribution in [-0.4, -0.2) is 60.6 Å². The summed E-state index contributed by atoms with van der Waals surface area (Å²) in [5, 5.41) is 6.71. The monoisotopic (exact) mass is 432 g/mol. The van der Waals surface area contributed by atoms with Gasteiger partial charge in [0, 0.05) is 39.3 Å². The van der Waals surface area contributed by atoms with Gasteiger partial charge in [-0.05, 0) is 43.7 Å². The first-order valence-electron chi connectivity index (χ1n) is 11.0. The molecule has 3 heterocycles. The molecule has 2 fully saturated rings. The Morgan fingerprint density at radius 2 is 2.10 bits per heavy atom. The minimum atomic E-state index is -0.454. The Morgan fingerprint density at radius 3 is 2.94 bits per heavy atom. The van der Waals surface area contributed by atoms with E-state index in [1.165, 1.54) is 6.07 Å². The number of carbonyl (C=O) groups excluding carboxylic acids is 1. The molecule has 9 heteroatoms. The van der Waals surface area contributed by atoms with Gasteiger partial charge in [-0.3, -0.25) is 0 Å². The van der Waals surface area contributed by atoms with Crippen molar-refractivity contribution in [2.45, 2.75) is 38.0 Å². The van der Waals surface area contributed by atoms with E-state index in [0.717, 1.165) is 45.5 Å². The first kappa shape index (κ1) is 21.7. The zero-order valence-electron chi connectivity index (χ0n) is 17.6. The van der Waals surface area contributed by atoms with E-state index in [-0.39, 0.29) is 17.6 Å². The molecule has 2 saturated heterocycles. The summed E-state index contributed by atoms with van der Waals surface area (Å²) in [5.74, 6) is 1.26. The molecule has 2 aromatic rings. The molecule has 2 aliphatic heterocycles. The Hall–Kier alpha value is -2.52. The van der Waals surface area contributed by atoms with Crippen LogP contribution >= 0.6 is 0 Å². The van der Waals surface area contributed by atoms with E-state index in [4.69, 9.17) is 14.0 Å². The molecule has 2 amide bonds. The molecule has 1 atom stereocenters. The largest absolute Gasteiger partial charge is 0.381 e. The lowest BCUT2D eigenvalue weighted by atomic mass is 9.98. The highest BCUT2D eigenvalue weighted by Gasteiger charge is 2.29. The van der Waals surface area contributed by atoms with Gasteiger partial charge < -0.3 is 24.2 Å². The SMILES string of the molecule is O=C(Nc1ccccc1F)N1CCCC(c2nc(CCOCC3CCOCC3)no2)C1. The Morgan fingerprint density at radius 1 is 1.26 bits per heavy atom.